The van der Waals surface area contributed by atoms with Crippen LogP contribution in [0.2, 0.25) is 0 Å². The molecule has 0 atom stereocenters. The van der Waals surface area contributed by atoms with Crippen molar-refractivity contribution in [3.63, 3.8) is 0 Å². The Morgan fingerprint density at radius 2 is 1.62 bits per heavy atom. The standard InChI is InChI=1S/C21H20F3N3OS/c22-21(23,24)17-5-3-16(4-6-17)15-25-10-12-27(13-11-25)20(28)19-18(7-14-29-19)26-8-1-2-9-26/h1-9,14H,10-13,15H2. The Balaban J connectivity index is 1.35. The van der Waals surface area contributed by atoms with Gasteiger partial charge in [-0.15, -0.1) is 11.3 Å². The number of hydrogen-bond donors (Lipinski definition) is 0. The zero-order chi connectivity index (χ0) is 20.4. The van der Waals surface area contributed by atoms with Crippen LogP contribution in [-0.4, -0.2) is 46.5 Å². The molecular weight excluding hydrogens is 399 g/mol. The maximum Gasteiger partial charge on any atom is 0.416 e. The van der Waals surface area contributed by atoms with Crippen molar-refractivity contribution in [2.45, 2.75) is 12.7 Å². The predicted octanol–water partition coefficient (Wildman–Crippen LogP) is 4.52. The number of hydrogen-bond acceptors (Lipinski definition) is 3. The quantitative estimate of drug-likeness (QED) is 0.622. The number of nitrogens with zero attached hydrogens (tertiary/aromatic N) is 3. The fourth-order valence-electron chi connectivity index (χ4n) is 3.47. The maximum absolute atomic E-state index is 13.0. The molecule has 152 valence electrons. The van der Waals surface area contributed by atoms with Crippen molar-refractivity contribution >= 4 is 17.2 Å². The Kier molecular flexibility index (Phi) is 5.47. The molecule has 4 nitrogen and oxygen atoms in total. The highest BCUT2D eigenvalue weighted by molar-refractivity contribution is 7.12. The van der Waals surface area contributed by atoms with Crippen LogP contribution in [0.3, 0.4) is 0 Å². The largest absolute Gasteiger partial charge is 0.416 e. The lowest BCUT2D eigenvalue weighted by molar-refractivity contribution is -0.137. The zero-order valence-electron chi connectivity index (χ0n) is 15.6. The second kappa shape index (κ2) is 8.04. The average molecular weight is 419 g/mol. The second-order valence-corrected chi connectivity index (χ2v) is 7.90. The van der Waals surface area contributed by atoms with Gasteiger partial charge in [0.15, 0.2) is 0 Å². The van der Waals surface area contributed by atoms with Crippen LogP contribution in [0.15, 0.2) is 60.2 Å². The monoisotopic (exact) mass is 419 g/mol. The molecule has 1 aromatic carbocycles. The van der Waals surface area contributed by atoms with Crippen LogP contribution in [0, 0.1) is 0 Å². The molecule has 4 rings (SSSR count). The van der Waals surface area contributed by atoms with Gasteiger partial charge in [0.1, 0.15) is 4.88 Å². The third kappa shape index (κ3) is 4.38. The van der Waals surface area contributed by atoms with Gasteiger partial charge >= 0.3 is 6.18 Å². The van der Waals surface area contributed by atoms with Crippen LogP contribution in [0.4, 0.5) is 13.2 Å². The van der Waals surface area contributed by atoms with E-state index in [1.165, 1.54) is 23.5 Å². The van der Waals surface area contributed by atoms with Crippen LogP contribution in [0.5, 0.6) is 0 Å². The van der Waals surface area contributed by atoms with Crippen molar-refractivity contribution in [2.75, 3.05) is 26.2 Å². The van der Waals surface area contributed by atoms with Crippen LogP contribution in [-0.2, 0) is 12.7 Å². The Hall–Kier alpha value is -2.58. The Bertz CT molecular complexity index is 956. The Morgan fingerprint density at radius 3 is 2.24 bits per heavy atom. The number of halogens is 3. The summed E-state index contributed by atoms with van der Waals surface area (Å²) in [5.74, 6) is 0.0258. The number of aromatic nitrogens is 1. The molecule has 3 heterocycles. The van der Waals surface area contributed by atoms with Crippen molar-refractivity contribution in [3.05, 3.63) is 76.2 Å². The topological polar surface area (TPSA) is 28.5 Å². The molecule has 0 radical (unpaired) electrons. The number of carbonyl (C=O) groups excluding carboxylic acids is 1. The van der Waals surface area contributed by atoms with Gasteiger partial charge in [-0.1, -0.05) is 12.1 Å². The van der Waals surface area contributed by atoms with Gasteiger partial charge in [-0.25, -0.2) is 0 Å². The summed E-state index contributed by atoms with van der Waals surface area (Å²) in [6.07, 6.45) is -0.479. The first-order valence-corrected chi connectivity index (χ1v) is 10.2. The van der Waals surface area contributed by atoms with E-state index in [0.29, 0.717) is 32.7 Å². The van der Waals surface area contributed by atoms with E-state index in [0.717, 1.165) is 28.3 Å². The van der Waals surface area contributed by atoms with Gasteiger partial charge in [-0.2, -0.15) is 13.2 Å². The molecule has 1 amide bonds. The van der Waals surface area contributed by atoms with Crippen molar-refractivity contribution in [1.82, 2.24) is 14.4 Å². The highest BCUT2D eigenvalue weighted by Gasteiger charge is 2.30. The number of rotatable bonds is 4. The number of amides is 1. The number of piperazine rings is 1. The lowest BCUT2D eigenvalue weighted by Gasteiger charge is -2.34. The number of thiophene rings is 1. The number of carbonyl (C=O) groups is 1. The summed E-state index contributed by atoms with van der Waals surface area (Å²) in [6, 6.07) is 11.1. The van der Waals surface area contributed by atoms with Gasteiger partial charge in [0.2, 0.25) is 0 Å². The number of benzene rings is 1. The van der Waals surface area contributed by atoms with E-state index in [1.807, 2.05) is 45.4 Å². The maximum atomic E-state index is 13.0. The summed E-state index contributed by atoms with van der Waals surface area (Å²) in [6.45, 7) is 3.16. The third-order valence-electron chi connectivity index (χ3n) is 5.07. The summed E-state index contributed by atoms with van der Waals surface area (Å²) < 4.78 is 40.0. The first-order chi connectivity index (χ1) is 13.9. The van der Waals surface area contributed by atoms with Gasteiger partial charge < -0.3 is 9.47 Å². The van der Waals surface area contributed by atoms with Gasteiger partial charge in [0, 0.05) is 45.1 Å². The van der Waals surface area contributed by atoms with E-state index in [2.05, 4.69) is 4.90 Å². The third-order valence-corrected chi connectivity index (χ3v) is 5.96. The second-order valence-electron chi connectivity index (χ2n) is 6.99. The summed E-state index contributed by atoms with van der Waals surface area (Å²) in [5, 5.41) is 1.92. The highest BCUT2D eigenvalue weighted by Crippen LogP contribution is 2.29. The number of alkyl halides is 3. The smallest absolute Gasteiger partial charge is 0.335 e. The van der Waals surface area contributed by atoms with E-state index in [-0.39, 0.29) is 5.91 Å². The minimum atomic E-state index is -4.31. The predicted molar refractivity (Wildman–Crippen MR) is 106 cm³/mol. The van der Waals surface area contributed by atoms with E-state index >= 15 is 0 Å². The van der Waals surface area contributed by atoms with E-state index < -0.39 is 11.7 Å². The molecule has 0 bridgehead atoms. The lowest BCUT2D eigenvalue weighted by Crippen LogP contribution is -2.48. The Labute approximate surface area is 170 Å². The molecular formula is C21H20F3N3OS. The summed E-state index contributed by atoms with van der Waals surface area (Å²) in [4.78, 5) is 17.7. The van der Waals surface area contributed by atoms with Crippen molar-refractivity contribution in [1.29, 1.82) is 0 Å². The van der Waals surface area contributed by atoms with Crippen molar-refractivity contribution in [2.24, 2.45) is 0 Å². The molecule has 0 saturated carbocycles. The lowest BCUT2D eigenvalue weighted by atomic mass is 10.1. The fourth-order valence-corrected chi connectivity index (χ4v) is 4.33. The van der Waals surface area contributed by atoms with Crippen LogP contribution >= 0.6 is 11.3 Å². The van der Waals surface area contributed by atoms with E-state index in [4.69, 9.17) is 0 Å². The molecule has 1 aliphatic rings. The van der Waals surface area contributed by atoms with E-state index in [9.17, 15) is 18.0 Å². The zero-order valence-corrected chi connectivity index (χ0v) is 16.4. The van der Waals surface area contributed by atoms with Gasteiger partial charge in [-0.05, 0) is 41.3 Å². The SMILES string of the molecule is O=C(c1sccc1-n1cccc1)N1CCN(Cc2ccc(C(F)(F)F)cc2)CC1. The first kappa shape index (κ1) is 19.7. The van der Waals surface area contributed by atoms with Crippen LogP contribution < -0.4 is 0 Å². The molecule has 2 aromatic heterocycles. The summed E-state index contributed by atoms with van der Waals surface area (Å²) in [7, 11) is 0. The van der Waals surface area contributed by atoms with Gasteiger partial charge in [0.05, 0.1) is 11.3 Å². The fraction of sp³-hybridized carbons (Fsp3) is 0.286. The van der Waals surface area contributed by atoms with Gasteiger partial charge in [0.25, 0.3) is 5.91 Å². The summed E-state index contributed by atoms with van der Waals surface area (Å²) >= 11 is 1.44. The molecule has 0 aliphatic carbocycles. The Morgan fingerprint density at radius 1 is 0.966 bits per heavy atom. The van der Waals surface area contributed by atoms with E-state index in [1.54, 1.807) is 0 Å². The molecule has 0 spiro atoms. The van der Waals surface area contributed by atoms with Gasteiger partial charge in [-0.3, -0.25) is 9.69 Å². The molecule has 0 N–H and O–H groups in total. The van der Waals surface area contributed by atoms with Crippen molar-refractivity contribution < 1.29 is 18.0 Å². The molecule has 1 saturated heterocycles. The molecule has 3 aromatic rings. The molecule has 0 unspecified atom stereocenters. The average Bonchev–Trinajstić information content (AvgIpc) is 3.39. The van der Waals surface area contributed by atoms with Crippen LogP contribution in [0.25, 0.3) is 5.69 Å². The minimum Gasteiger partial charge on any atom is -0.335 e. The molecule has 29 heavy (non-hydrogen) atoms. The summed E-state index contributed by atoms with van der Waals surface area (Å²) in [5.41, 5.74) is 1.09. The molecule has 1 fully saturated rings. The minimum absolute atomic E-state index is 0.0258. The molecule has 1 aliphatic heterocycles. The first-order valence-electron chi connectivity index (χ1n) is 9.30. The molecule has 8 heteroatoms. The highest BCUT2D eigenvalue weighted by atomic mass is 32.1. The van der Waals surface area contributed by atoms with Crippen molar-refractivity contribution in [3.8, 4) is 5.69 Å². The van der Waals surface area contributed by atoms with Crippen LogP contribution in [0.1, 0.15) is 20.8 Å². The normalized spacial score (nSPS) is 15.6.